The third-order valence-electron chi connectivity index (χ3n) is 17.9. The molecule has 0 bridgehead atoms. The molecule has 2 aliphatic rings. The number of ether oxygens (including phenoxy) is 2. The van der Waals surface area contributed by atoms with Crippen molar-refractivity contribution < 1.29 is 33.0 Å². The van der Waals surface area contributed by atoms with Crippen molar-refractivity contribution in [2.75, 3.05) is 65.8 Å². The van der Waals surface area contributed by atoms with Crippen molar-refractivity contribution in [3.8, 4) is 5.75 Å². The molecule has 1 saturated heterocycles. The molecule has 1 unspecified atom stereocenters. The van der Waals surface area contributed by atoms with Gasteiger partial charge in [-0.1, -0.05) is 170 Å². The fraction of sp³-hybridized carbons (Fsp3) is 0.522. The highest BCUT2D eigenvalue weighted by Crippen LogP contribution is 2.41. The highest BCUT2D eigenvalue weighted by Gasteiger charge is 2.51. The van der Waals surface area contributed by atoms with E-state index in [2.05, 4.69) is 158 Å². The fourth-order valence-corrected chi connectivity index (χ4v) is 17.5. The van der Waals surface area contributed by atoms with Gasteiger partial charge in [-0.15, -0.1) is 0 Å². The maximum absolute atomic E-state index is 15.4. The van der Waals surface area contributed by atoms with Gasteiger partial charge >= 0.3 is 0 Å². The Balaban J connectivity index is 1.10. The van der Waals surface area contributed by atoms with Crippen LogP contribution in [0.5, 0.6) is 5.75 Å². The summed E-state index contributed by atoms with van der Waals surface area (Å²) in [5, 5.41) is 14.3. The number of carbonyl (C=O) groups is 2. The first-order valence-electron chi connectivity index (χ1n) is 29.4. The molecule has 79 heavy (non-hydrogen) atoms. The van der Waals surface area contributed by atoms with Gasteiger partial charge in [-0.05, 0) is 134 Å². The molecule has 1 heterocycles. The van der Waals surface area contributed by atoms with Crippen LogP contribution in [0, 0.1) is 6.92 Å². The van der Waals surface area contributed by atoms with E-state index in [-0.39, 0.29) is 33.9 Å². The summed E-state index contributed by atoms with van der Waals surface area (Å²) in [4.78, 5) is 37.3. The summed E-state index contributed by atoms with van der Waals surface area (Å²) in [6.07, 6.45) is 5.39. The predicted molar refractivity (Wildman–Crippen MR) is 328 cm³/mol. The van der Waals surface area contributed by atoms with Crippen LogP contribution in [0.15, 0.2) is 127 Å². The van der Waals surface area contributed by atoms with Crippen LogP contribution in [-0.4, -0.2) is 126 Å². The monoisotopic (exact) mass is 1110 g/mol. The zero-order valence-corrected chi connectivity index (χ0v) is 52.2. The molecule has 5 aromatic rings. The fourth-order valence-electron chi connectivity index (χ4n) is 11.9. The molecule has 1 saturated carbocycles. The largest absolute Gasteiger partial charge is 0.492 e. The van der Waals surface area contributed by atoms with Crippen LogP contribution in [0.1, 0.15) is 144 Å². The van der Waals surface area contributed by atoms with Gasteiger partial charge < -0.3 is 33.2 Å². The molecular formula is C67H95N3O7Si2. The number of benzene rings is 5. The molecular weight excluding hydrogens is 1010 g/mol. The van der Waals surface area contributed by atoms with Crippen LogP contribution in [-0.2, 0) is 32.0 Å². The molecule has 0 aromatic heterocycles. The molecule has 2 fully saturated rings. The lowest BCUT2D eigenvalue weighted by atomic mass is 9.89. The van der Waals surface area contributed by atoms with Gasteiger partial charge in [-0.25, -0.2) is 0 Å². The lowest BCUT2D eigenvalue weighted by Gasteiger charge is -2.45. The first-order chi connectivity index (χ1) is 37.5. The first kappa shape index (κ1) is 61.7. The van der Waals surface area contributed by atoms with Crippen molar-refractivity contribution in [2.24, 2.45) is 0 Å². The van der Waals surface area contributed by atoms with E-state index in [1.54, 1.807) is 0 Å². The highest BCUT2D eigenvalue weighted by molar-refractivity contribution is 6.99. The molecule has 1 aliphatic carbocycles. The summed E-state index contributed by atoms with van der Waals surface area (Å²) in [5.74, 6) is 0.714. The maximum atomic E-state index is 15.4. The Kier molecular flexibility index (Phi) is 20.9. The Labute approximate surface area is 477 Å². The van der Waals surface area contributed by atoms with Crippen LogP contribution in [0.2, 0.25) is 23.2 Å². The van der Waals surface area contributed by atoms with E-state index < -0.39 is 28.3 Å². The molecule has 0 spiro atoms. The van der Waals surface area contributed by atoms with E-state index in [9.17, 15) is 5.11 Å². The molecule has 5 aromatic carbocycles. The topological polar surface area (TPSA) is 101 Å². The number of morpholine rings is 1. The molecule has 12 heteroatoms. The third kappa shape index (κ3) is 14.8. The second-order valence-electron chi connectivity index (χ2n) is 25.4. The van der Waals surface area contributed by atoms with Gasteiger partial charge in [0, 0.05) is 49.4 Å². The van der Waals surface area contributed by atoms with Gasteiger partial charge in [0.05, 0.1) is 38.1 Å². The van der Waals surface area contributed by atoms with Crippen LogP contribution >= 0.6 is 0 Å². The Hall–Kier alpha value is -4.93. The van der Waals surface area contributed by atoms with E-state index in [1.165, 1.54) is 10.4 Å². The quantitative estimate of drug-likeness (QED) is 0.0577. The molecule has 7 rings (SSSR count). The number of aryl methyl sites for hydroxylation is 2. The van der Waals surface area contributed by atoms with Crippen molar-refractivity contribution in [3.05, 3.63) is 161 Å². The number of nitrogens with zero attached hydrogens (tertiary/aromatic N) is 3. The highest BCUT2D eigenvalue weighted by atomic mass is 28.4. The van der Waals surface area contributed by atoms with Crippen LogP contribution in [0.3, 0.4) is 0 Å². The van der Waals surface area contributed by atoms with E-state index in [4.69, 9.17) is 18.3 Å². The van der Waals surface area contributed by atoms with Gasteiger partial charge in [-0.3, -0.25) is 14.5 Å². The Morgan fingerprint density at radius 2 is 1.29 bits per heavy atom. The number of rotatable bonds is 25. The SMILES string of the molecule is CCC1(N(CCO[Si](c2ccccc2)(c2ccccc2)C(C)(C)C)C(=O)c2ccccc2CCC(O)Cc2ccc(C)cc2C(=O)N(CCO[Si](C)(C)C(C)(C)C)C(C)(C)c2ccc(OCCN3CCOCC3)cc2)CCCC1. The minimum Gasteiger partial charge on any atom is -0.492 e. The Morgan fingerprint density at radius 1 is 0.696 bits per heavy atom. The first-order valence-corrected chi connectivity index (χ1v) is 34.3. The number of aliphatic hydroxyl groups excluding tert-OH is 1. The normalized spacial score (nSPS) is 15.9. The average Bonchev–Trinajstić information content (AvgIpc) is 4.02. The van der Waals surface area contributed by atoms with Gasteiger partial charge in [0.15, 0.2) is 8.32 Å². The number of carbonyl (C=O) groups excluding carboxylic acids is 2. The van der Waals surface area contributed by atoms with Crippen molar-refractivity contribution >= 4 is 38.8 Å². The standard InChI is InChI=1S/C67H95N3O7Si2/c1-13-67(38-22-23-39-67)70(44-49-77-79(65(6,7)8,58-25-16-14-17-26-58)59-27-18-15-19-28-59)62(72)60-29-21-20-24-53(60)32-35-56(71)51-54-31-30-52(2)50-61(54)63(73)69(43-48-76-78(11,12)64(3,4)5)66(9,10)55-33-36-57(37-34-55)75-47-42-68-40-45-74-46-41-68/h14-21,24-31,33-34,36-37,50,56,71H,13,22-23,32,35,38-49,51H2,1-12H3. The maximum Gasteiger partial charge on any atom is 0.261 e. The molecule has 1 atom stereocenters. The van der Waals surface area contributed by atoms with Crippen molar-refractivity contribution in [3.63, 3.8) is 0 Å². The van der Waals surface area contributed by atoms with Crippen molar-refractivity contribution in [1.29, 1.82) is 0 Å². The second-order valence-corrected chi connectivity index (χ2v) is 34.5. The summed E-state index contributed by atoms with van der Waals surface area (Å²) >= 11 is 0. The lowest BCUT2D eigenvalue weighted by Crippen LogP contribution is -2.67. The van der Waals surface area contributed by atoms with Gasteiger partial charge in [0.1, 0.15) is 12.4 Å². The second kappa shape index (κ2) is 26.8. The van der Waals surface area contributed by atoms with Gasteiger partial charge in [0.25, 0.3) is 20.1 Å². The van der Waals surface area contributed by atoms with Crippen molar-refractivity contribution in [2.45, 2.75) is 161 Å². The molecule has 428 valence electrons. The minimum atomic E-state index is -2.85. The average molecular weight is 1110 g/mol. The van der Waals surface area contributed by atoms with Crippen LogP contribution in [0.4, 0.5) is 0 Å². The Bertz CT molecular complexity index is 2690. The zero-order chi connectivity index (χ0) is 57.1. The predicted octanol–water partition coefficient (Wildman–Crippen LogP) is 12.4. The summed E-state index contributed by atoms with van der Waals surface area (Å²) in [6, 6.07) is 43.6. The molecule has 1 aliphatic heterocycles. The summed E-state index contributed by atoms with van der Waals surface area (Å²) in [5.41, 5.74) is 3.92. The third-order valence-corrected chi connectivity index (χ3v) is 27.4. The molecule has 1 N–H and O–H groups in total. The van der Waals surface area contributed by atoms with Gasteiger partial charge in [0.2, 0.25) is 0 Å². The lowest BCUT2D eigenvalue weighted by molar-refractivity contribution is 0.0322. The minimum absolute atomic E-state index is 0.0111. The number of amides is 2. The Morgan fingerprint density at radius 3 is 1.89 bits per heavy atom. The number of aliphatic hydroxyl groups is 1. The smallest absolute Gasteiger partial charge is 0.261 e. The van der Waals surface area contributed by atoms with E-state index in [0.717, 1.165) is 93.0 Å². The van der Waals surface area contributed by atoms with Gasteiger partial charge in [-0.2, -0.15) is 0 Å². The summed E-state index contributed by atoms with van der Waals surface area (Å²) in [7, 11) is -4.99. The molecule has 2 amide bonds. The number of hydrogen-bond donors (Lipinski definition) is 1. The number of hydrogen-bond acceptors (Lipinski definition) is 8. The summed E-state index contributed by atoms with van der Waals surface area (Å²) in [6.45, 7) is 33.0. The molecule has 0 radical (unpaired) electrons. The van der Waals surface area contributed by atoms with E-state index in [1.807, 2.05) is 66.4 Å². The van der Waals surface area contributed by atoms with Crippen LogP contribution in [0.25, 0.3) is 0 Å². The van der Waals surface area contributed by atoms with Crippen LogP contribution < -0.4 is 15.1 Å². The van der Waals surface area contributed by atoms with E-state index in [0.29, 0.717) is 56.9 Å². The van der Waals surface area contributed by atoms with Crippen molar-refractivity contribution in [1.82, 2.24) is 14.7 Å². The zero-order valence-electron chi connectivity index (χ0n) is 50.2. The molecule has 10 nitrogen and oxygen atoms in total. The summed E-state index contributed by atoms with van der Waals surface area (Å²) < 4.78 is 25.9. The van der Waals surface area contributed by atoms with E-state index >= 15 is 9.59 Å².